The van der Waals surface area contributed by atoms with Gasteiger partial charge in [-0.15, -0.1) is 11.6 Å². The van der Waals surface area contributed by atoms with Gasteiger partial charge in [0, 0.05) is 17.8 Å². The van der Waals surface area contributed by atoms with Gasteiger partial charge in [0.1, 0.15) is 0 Å². The SMILES string of the molecule is CCC(=O)NC1CCC(Cl)CC1. The van der Waals surface area contributed by atoms with E-state index in [1.807, 2.05) is 6.92 Å². The summed E-state index contributed by atoms with van der Waals surface area (Å²) in [7, 11) is 0. The summed E-state index contributed by atoms with van der Waals surface area (Å²) in [6.45, 7) is 1.88. The zero-order valence-electron chi connectivity index (χ0n) is 7.48. The molecule has 1 saturated carbocycles. The predicted octanol–water partition coefficient (Wildman–Crippen LogP) is 2.06. The molecule has 0 saturated heterocycles. The second kappa shape index (κ2) is 4.70. The molecule has 1 fully saturated rings. The fourth-order valence-corrected chi connectivity index (χ4v) is 1.78. The van der Waals surface area contributed by atoms with Crippen molar-refractivity contribution in [1.29, 1.82) is 0 Å². The lowest BCUT2D eigenvalue weighted by molar-refractivity contribution is -0.121. The number of carbonyl (C=O) groups excluding carboxylic acids is 1. The summed E-state index contributed by atoms with van der Waals surface area (Å²) in [4.78, 5) is 11.0. The second-order valence-electron chi connectivity index (χ2n) is 3.37. The van der Waals surface area contributed by atoms with Gasteiger partial charge < -0.3 is 5.32 Å². The molecule has 1 amide bonds. The normalized spacial score (nSPS) is 29.8. The molecule has 1 aliphatic carbocycles. The van der Waals surface area contributed by atoms with Crippen LogP contribution in [0.1, 0.15) is 39.0 Å². The van der Waals surface area contributed by atoms with Gasteiger partial charge in [-0.25, -0.2) is 0 Å². The highest BCUT2D eigenvalue weighted by Crippen LogP contribution is 2.22. The minimum atomic E-state index is 0.160. The van der Waals surface area contributed by atoms with Gasteiger partial charge in [-0.1, -0.05) is 6.92 Å². The molecule has 0 bridgehead atoms. The van der Waals surface area contributed by atoms with Crippen molar-refractivity contribution < 1.29 is 4.79 Å². The first-order chi connectivity index (χ1) is 5.72. The molecule has 70 valence electrons. The van der Waals surface area contributed by atoms with E-state index in [2.05, 4.69) is 5.32 Å². The van der Waals surface area contributed by atoms with Crippen LogP contribution in [0.2, 0.25) is 0 Å². The van der Waals surface area contributed by atoms with Gasteiger partial charge in [0.05, 0.1) is 0 Å². The number of rotatable bonds is 2. The van der Waals surface area contributed by atoms with E-state index in [9.17, 15) is 4.79 Å². The summed E-state index contributed by atoms with van der Waals surface area (Å²) in [5.41, 5.74) is 0. The molecule has 0 aromatic rings. The van der Waals surface area contributed by atoms with E-state index in [0.29, 0.717) is 17.8 Å². The van der Waals surface area contributed by atoms with Crippen molar-refractivity contribution in [3.8, 4) is 0 Å². The van der Waals surface area contributed by atoms with Crippen LogP contribution in [-0.2, 0) is 4.79 Å². The van der Waals surface area contributed by atoms with Gasteiger partial charge in [-0.3, -0.25) is 4.79 Å². The molecular formula is C9H16ClNO. The van der Waals surface area contributed by atoms with Crippen LogP contribution in [0.3, 0.4) is 0 Å². The van der Waals surface area contributed by atoms with Gasteiger partial charge in [0.15, 0.2) is 0 Å². The highest BCUT2D eigenvalue weighted by atomic mass is 35.5. The zero-order chi connectivity index (χ0) is 8.97. The molecule has 2 nitrogen and oxygen atoms in total. The van der Waals surface area contributed by atoms with Gasteiger partial charge in [0.2, 0.25) is 5.91 Å². The van der Waals surface area contributed by atoms with E-state index in [1.165, 1.54) is 0 Å². The van der Waals surface area contributed by atoms with Crippen LogP contribution >= 0.6 is 11.6 Å². The van der Waals surface area contributed by atoms with Gasteiger partial charge in [-0.2, -0.15) is 0 Å². The first kappa shape index (κ1) is 9.85. The average Bonchev–Trinajstić information content (AvgIpc) is 2.09. The monoisotopic (exact) mass is 189 g/mol. The third-order valence-electron chi connectivity index (χ3n) is 2.34. The molecule has 0 aromatic heterocycles. The molecule has 0 aliphatic heterocycles. The predicted molar refractivity (Wildman–Crippen MR) is 50.3 cm³/mol. The molecule has 12 heavy (non-hydrogen) atoms. The number of hydrogen-bond donors (Lipinski definition) is 1. The van der Waals surface area contributed by atoms with Crippen LogP contribution in [0, 0.1) is 0 Å². The third kappa shape index (κ3) is 3.02. The summed E-state index contributed by atoms with van der Waals surface area (Å²) < 4.78 is 0. The number of halogens is 1. The number of nitrogens with one attached hydrogen (secondary N) is 1. The van der Waals surface area contributed by atoms with E-state index in [1.54, 1.807) is 0 Å². The van der Waals surface area contributed by atoms with E-state index in [4.69, 9.17) is 11.6 Å². The van der Waals surface area contributed by atoms with Crippen molar-refractivity contribution in [2.24, 2.45) is 0 Å². The second-order valence-corrected chi connectivity index (χ2v) is 3.99. The standard InChI is InChI=1S/C9H16ClNO/c1-2-9(12)11-8-5-3-7(10)4-6-8/h7-8H,2-6H2,1H3,(H,11,12). The first-order valence-corrected chi connectivity index (χ1v) is 5.09. The molecule has 1 rings (SSSR count). The molecule has 0 unspecified atom stereocenters. The number of hydrogen-bond acceptors (Lipinski definition) is 1. The Kier molecular flexibility index (Phi) is 3.86. The molecule has 0 spiro atoms. The first-order valence-electron chi connectivity index (χ1n) is 4.65. The Bertz CT molecular complexity index is 153. The van der Waals surface area contributed by atoms with Crippen LogP contribution in [0.4, 0.5) is 0 Å². The minimum Gasteiger partial charge on any atom is -0.353 e. The lowest BCUT2D eigenvalue weighted by Gasteiger charge is -2.25. The zero-order valence-corrected chi connectivity index (χ0v) is 8.23. The van der Waals surface area contributed by atoms with Crippen LogP contribution < -0.4 is 5.32 Å². The topological polar surface area (TPSA) is 29.1 Å². The number of carbonyl (C=O) groups is 1. The molecule has 3 heteroatoms. The van der Waals surface area contributed by atoms with Gasteiger partial charge in [0.25, 0.3) is 0 Å². The summed E-state index contributed by atoms with van der Waals surface area (Å²) in [5.74, 6) is 0.160. The molecular weight excluding hydrogens is 174 g/mol. The summed E-state index contributed by atoms with van der Waals surface area (Å²) in [5, 5.41) is 3.32. The Labute approximate surface area is 78.7 Å². The van der Waals surface area contributed by atoms with Crippen molar-refractivity contribution in [3.05, 3.63) is 0 Å². The van der Waals surface area contributed by atoms with Crippen molar-refractivity contribution in [2.75, 3.05) is 0 Å². The van der Waals surface area contributed by atoms with E-state index >= 15 is 0 Å². The Morgan fingerprint density at radius 2 is 2.00 bits per heavy atom. The van der Waals surface area contributed by atoms with Crippen molar-refractivity contribution in [2.45, 2.75) is 50.4 Å². The Morgan fingerprint density at radius 1 is 1.42 bits per heavy atom. The summed E-state index contributed by atoms with van der Waals surface area (Å²) in [6.07, 6.45) is 4.74. The smallest absolute Gasteiger partial charge is 0.219 e. The van der Waals surface area contributed by atoms with E-state index in [-0.39, 0.29) is 5.91 Å². The maximum Gasteiger partial charge on any atom is 0.219 e. The Balaban J connectivity index is 2.21. The van der Waals surface area contributed by atoms with Crippen LogP contribution in [0.25, 0.3) is 0 Å². The van der Waals surface area contributed by atoms with Crippen LogP contribution in [-0.4, -0.2) is 17.3 Å². The Morgan fingerprint density at radius 3 is 2.50 bits per heavy atom. The van der Waals surface area contributed by atoms with Crippen LogP contribution in [0.5, 0.6) is 0 Å². The van der Waals surface area contributed by atoms with Crippen molar-refractivity contribution >= 4 is 17.5 Å². The molecule has 1 N–H and O–H groups in total. The lowest BCUT2D eigenvalue weighted by Crippen LogP contribution is -2.37. The Hall–Kier alpha value is -0.240. The van der Waals surface area contributed by atoms with Crippen LogP contribution in [0.15, 0.2) is 0 Å². The maximum absolute atomic E-state index is 11.0. The fraction of sp³-hybridized carbons (Fsp3) is 0.889. The highest BCUT2D eigenvalue weighted by molar-refractivity contribution is 6.20. The number of amides is 1. The quantitative estimate of drug-likeness (QED) is 0.662. The van der Waals surface area contributed by atoms with E-state index < -0.39 is 0 Å². The molecule has 1 aliphatic rings. The molecule has 0 heterocycles. The average molecular weight is 190 g/mol. The largest absolute Gasteiger partial charge is 0.353 e. The van der Waals surface area contributed by atoms with Crippen molar-refractivity contribution in [1.82, 2.24) is 5.32 Å². The number of alkyl halides is 1. The fourth-order valence-electron chi connectivity index (χ4n) is 1.53. The minimum absolute atomic E-state index is 0.160. The van der Waals surface area contributed by atoms with E-state index in [0.717, 1.165) is 25.7 Å². The lowest BCUT2D eigenvalue weighted by atomic mass is 9.95. The molecule has 0 radical (unpaired) electrons. The maximum atomic E-state index is 11.0. The molecule has 0 aromatic carbocycles. The van der Waals surface area contributed by atoms with Crippen molar-refractivity contribution in [3.63, 3.8) is 0 Å². The summed E-state index contributed by atoms with van der Waals surface area (Å²) in [6, 6.07) is 0.382. The van der Waals surface area contributed by atoms with Gasteiger partial charge in [-0.05, 0) is 25.7 Å². The third-order valence-corrected chi connectivity index (χ3v) is 2.78. The summed E-state index contributed by atoms with van der Waals surface area (Å²) >= 11 is 5.94. The van der Waals surface area contributed by atoms with Gasteiger partial charge >= 0.3 is 0 Å². The molecule has 0 atom stereocenters. The highest BCUT2D eigenvalue weighted by Gasteiger charge is 2.19.